The Labute approximate surface area is 96.9 Å². The molecule has 1 saturated carbocycles. The average molecular weight is 226 g/mol. The predicted molar refractivity (Wildman–Crippen MR) is 61.9 cm³/mol. The zero-order valence-electron chi connectivity index (χ0n) is 9.95. The van der Waals surface area contributed by atoms with Gasteiger partial charge in [0.15, 0.2) is 0 Å². The van der Waals surface area contributed by atoms with E-state index in [2.05, 4.69) is 5.32 Å². The fourth-order valence-electron chi connectivity index (χ4n) is 2.29. The number of rotatable bonds is 5. The van der Waals surface area contributed by atoms with Crippen LogP contribution in [0.5, 0.6) is 0 Å². The summed E-state index contributed by atoms with van der Waals surface area (Å²) in [6, 6.07) is 0.345. The van der Waals surface area contributed by atoms with Gasteiger partial charge < -0.3 is 15.8 Å². The van der Waals surface area contributed by atoms with Crippen LogP contribution in [0.25, 0.3) is 0 Å². The summed E-state index contributed by atoms with van der Waals surface area (Å²) in [4.78, 5) is 11.7. The van der Waals surface area contributed by atoms with Gasteiger partial charge in [-0.3, -0.25) is 4.79 Å². The van der Waals surface area contributed by atoms with E-state index in [4.69, 9.17) is 10.5 Å². The van der Waals surface area contributed by atoms with Gasteiger partial charge in [-0.1, -0.05) is 0 Å². The van der Waals surface area contributed by atoms with Gasteiger partial charge in [-0.25, -0.2) is 0 Å². The molecule has 0 aromatic carbocycles. The Morgan fingerprint density at radius 3 is 2.88 bits per heavy atom. The smallest absolute Gasteiger partial charge is 0.220 e. The van der Waals surface area contributed by atoms with Gasteiger partial charge in [0.2, 0.25) is 5.91 Å². The van der Waals surface area contributed by atoms with Crippen LogP contribution in [-0.2, 0) is 9.53 Å². The molecule has 16 heavy (non-hydrogen) atoms. The number of ether oxygens (including phenoxy) is 1. The summed E-state index contributed by atoms with van der Waals surface area (Å²) in [6.07, 6.45) is 5.05. The van der Waals surface area contributed by atoms with Crippen LogP contribution in [0.3, 0.4) is 0 Å². The molecule has 1 aliphatic heterocycles. The lowest BCUT2D eigenvalue weighted by atomic mass is 10.1. The molecule has 3 N–H and O–H groups in total. The molecular formula is C12H22N2O2. The van der Waals surface area contributed by atoms with Crippen molar-refractivity contribution in [2.24, 2.45) is 11.7 Å². The Bertz CT molecular complexity index is 251. The quantitative estimate of drug-likeness (QED) is 0.728. The molecule has 3 unspecified atom stereocenters. The number of amides is 1. The van der Waals surface area contributed by atoms with Gasteiger partial charge in [-0.15, -0.1) is 0 Å². The lowest BCUT2D eigenvalue weighted by molar-refractivity contribution is -0.122. The average Bonchev–Trinajstić information content (AvgIpc) is 2.97. The fraction of sp³-hybridized carbons (Fsp3) is 0.917. The third-order valence-corrected chi connectivity index (χ3v) is 3.40. The molecule has 0 bridgehead atoms. The number of hydrogen-bond acceptors (Lipinski definition) is 3. The highest BCUT2D eigenvalue weighted by Gasteiger charge is 2.41. The highest BCUT2D eigenvalue weighted by molar-refractivity contribution is 5.76. The van der Waals surface area contributed by atoms with E-state index >= 15 is 0 Å². The Hall–Kier alpha value is -0.610. The van der Waals surface area contributed by atoms with Crippen LogP contribution in [0, 0.1) is 5.92 Å². The lowest BCUT2D eigenvalue weighted by Crippen LogP contribution is -2.41. The molecule has 0 spiro atoms. The van der Waals surface area contributed by atoms with Gasteiger partial charge in [0, 0.05) is 19.1 Å². The van der Waals surface area contributed by atoms with Gasteiger partial charge in [-0.05, 0) is 38.5 Å². The minimum absolute atomic E-state index is 0.102. The van der Waals surface area contributed by atoms with Crippen LogP contribution >= 0.6 is 0 Å². The van der Waals surface area contributed by atoms with Gasteiger partial charge in [0.25, 0.3) is 0 Å². The fourth-order valence-corrected chi connectivity index (χ4v) is 2.29. The molecule has 2 rings (SSSR count). The van der Waals surface area contributed by atoms with E-state index in [9.17, 15) is 4.79 Å². The Morgan fingerprint density at radius 2 is 2.25 bits per heavy atom. The van der Waals surface area contributed by atoms with Crippen molar-refractivity contribution in [2.45, 2.75) is 57.2 Å². The molecule has 2 aliphatic rings. The largest absolute Gasteiger partial charge is 0.376 e. The second kappa shape index (κ2) is 5.15. The summed E-state index contributed by atoms with van der Waals surface area (Å²) in [5.74, 6) is 0.819. The monoisotopic (exact) mass is 226 g/mol. The van der Waals surface area contributed by atoms with Crippen LogP contribution in [-0.4, -0.2) is 30.7 Å². The van der Waals surface area contributed by atoms with Crippen LogP contribution in [0.4, 0.5) is 0 Å². The SMILES string of the molecule is CC(N)CCC(=O)NC1CCOC1C1CC1. The number of nitrogens with two attached hydrogens (primary N) is 1. The van der Waals surface area contributed by atoms with E-state index in [1.807, 2.05) is 6.92 Å². The van der Waals surface area contributed by atoms with Crippen molar-refractivity contribution in [2.75, 3.05) is 6.61 Å². The highest BCUT2D eigenvalue weighted by atomic mass is 16.5. The van der Waals surface area contributed by atoms with Crippen molar-refractivity contribution in [3.8, 4) is 0 Å². The Balaban J connectivity index is 1.73. The van der Waals surface area contributed by atoms with Crippen molar-refractivity contribution in [3.63, 3.8) is 0 Å². The van der Waals surface area contributed by atoms with E-state index in [0.717, 1.165) is 19.4 Å². The van der Waals surface area contributed by atoms with Crippen molar-refractivity contribution >= 4 is 5.91 Å². The first kappa shape index (κ1) is 11.9. The minimum atomic E-state index is 0.102. The zero-order valence-corrected chi connectivity index (χ0v) is 9.95. The van der Waals surface area contributed by atoms with E-state index in [1.165, 1.54) is 12.8 Å². The van der Waals surface area contributed by atoms with Crippen LogP contribution < -0.4 is 11.1 Å². The van der Waals surface area contributed by atoms with E-state index in [0.29, 0.717) is 12.3 Å². The molecule has 4 nitrogen and oxygen atoms in total. The van der Waals surface area contributed by atoms with Gasteiger partial charge in [-0.2, -0.15) is 0 Å². The molecule has 3 atom stereocenters. The molecule has 0 radical (unpaired) electrons. The number of nitrogens with one attached hydrogen (secondary N) is 1. The molecule has 92 valence electrons. The maximum atomic E-state index is 11.7. The molecule has 0 aromatic heterocycles. The van der Waals surface area contributed by atoms with Crippen molar-refractivity contribution in [1.29, 1.82) is 0 Å². The summed E-state index contributed by atoms with van der Waals surface area (Å²) in [7, 11) is 0. The van der Waals surface area contributed by atoms with E-state index in [1.54, 1.807) is 0 Å². The standard InChI is InChI=1S/C12H22N2O2/c1-8(13)2-5-11(15)14-10-6-7-16-12(10)9-3-4-9/h8-10,12H,2-7,13H2,1H3,(H,14,15). The first-order chi connectivity index (χ1) is 7.66. The van der Waals surface area contributed by atoms with Crippen molar-refractivity contribution in [3.05, 3.63) is 0 Å². The number of carbonyl (C=O) groups excluding carboxylic acids is 1. The molecule has 1 saturated heterocycles. The number of carbonyl (C=O) groups is 1. The second-order valence-electron chi connectivity index (χ2n) is 5.15. The summed E-state index contributed by atoms with van der Waals surface area (Å²) in [5, 5.41) is 3.09. The predicted octanol–water partition coefficient (Wildman–Crippen LogP) is 0.797. The minimum Gasteiger partial charge on any atom is -0.376 e. The molecule has 2 fully saturated rings. The lowest BCUT2D eigenvalue weighted by Gasteiger charge is -2.19. The van der Waals surface area contributed by atoms with Crippen LogP contribution in [0.1, 0.15) is 39.0 Å². The van der Waals surface area contributed by atoms with E-state index in [-0.39, 0.29) is 24.1 Å². The molecular weight excluding hydrogens is 204 g/mol. The molecule has 1 amide bonds. The van der Waals surface area contributed by atoms with Crippen LogP contribution in [0.15, 0.2) is 0 Å². The Morgan fingerprint density at radius 1 is 1.50 bits per heavy atom. The summed E-state index contributed by atoms with van der Waals surface area (Å²) in [6.45, 7) is 2.72. The van der Waals surface area contributed by atoms with E-state index < -0.39 is 0 Å². The van der Waals surface area contributed by atoms with Gasteiger partial charge in [0.1, 0.15) is 0 Å². The third-order valence-electron chi connectivity index (χ3n) is 3.40. The topological polar surface area (TPSA) is 64.4 Å². The normalized spacial score (nSPS) is 31.4. The third kappa shape index (κ3) is 3.19. The first-order valence-corrected chi connectivity index (χ1v) is 6.33. The number of hydrogen-bond donors (Lipinski definition) is 2. The maximum absolute atomic E-state index is 11.7. The molecule has 1 heterocycles. The van der Waals surface area contributed by atoms with Gasteiger partial charge >= 0.3 is 0 Å². The summed E-state index contributed by atoms with van der Waals surface area (Å²) < 4.78 is 5.68. The summed E-state index contributed by atoms with van der Waals surface area (Å²) >= 11 is 0. The van der Waals surface area contributed by atoms with Crippen LogP contribution in [0.2, 0.25) is 0 Å². The maximum Gasteiger partial charge on any atom is 0.220 e. The Kier molecular flexibility index (Phi) is 3.82. The highest BCUT2D eigenvalue weighted by Crippen LogP contribution is 2.38. The molecule has 0 aromatic rings. The van der Waals surface area contributed by atoms with Crippen molar-refractivity contribution < 1.29 is 9.53 Å². The van der Waals surface area contributed by atoms with Gasteiger partial charge in [0.05, 0.1) is 12.1 Å². The second-order valence-corrected chi connectivity index (χ2v) is 5.15. The van der Waals surface area contributed by atoms with Crippen molar-refractivity contribution in [1.82, 2.24) is 5.32 Å². The summed E-state index contributed by atoms with van der Waals surface area (Å²) in [5.41, 5.74) is 5.63. The molecule has 4 heteroatoms. The zero-order chi connectivity index (χ0) is 11.5. The first-order valence-electron chi connectivity index (χ1n) is 6.33. The molecule has 1 aliphatic carbocycles.